The fraction of sp³-hybridized carbons (Fsp3) is 0.625. The second kappa shape index (κ2) is 5.25. The van der Waals surface area contributed by atoms with Crippen LogP contribution in [0.25, 0.3) is 0 Å². The molecule has 0 fully saturated rings. The molecule has 1 rings (SSSR count). The molecule has 15 heavy (non-hydrogen) atoms. The molecule has 1 aromatic rings. The number of hydrogen-bond acceptors (Lipinski definition) is 4. The molecule has 0 aliphatic carbocycles. The maximum atomic E-state index is 11.6. The third-order valence-electron chi connectivity index (χ3n) is 1.86. The lowest BCUT2D eigenvalue weighted by atomic mass is 10.5. The average Bonchev–Trinajstić information content (AvgIpc) is 2.51. The predicted octanol–water partition coefficient (Wildman–Crippen LogP) is 1.45. The van der Waals surface area contributed by atoms with E-state index < -0.39 is 10.0 Å². The van der Waals surface area contributed by atoms with Crippen molar-refractivity contribution in [3.63, 3.8) is 0 Å². The van der Waals surface area contributed by atoms with E-state index in [1.807, 2.05) is 6.92 Å². The van der Waals surface area contributed by atoms with E-state index in [2.05, 4.69) is 4.98 Å². The molecular formula is C8H13ClN2O2S2. The minimum absolute atomic E-state index is 0.0250. The summed E-state index contributed by atoms with van der Waals surface area (Å²) >= 11 is 6.92. The second-order valence-corrected chi connectivity index (χ2v) is 7.00. The Bertz CT molecular complexity index is 416. The zero-order valence-electron chi connectivity index (χ0n) is 8.60. The van der Waals surface area contributed by atoms with Crippen molar-refractivity contribution in [1.29, 1.82) is 0 Å². The number of aromatic nitrogens is 1. The first-order chi connectivity index (χ1) is 6.95. The Hall–Kier alpha value is -0.170. The van der Waals surface area contributed by atoms with Gasteiger partial charge in [-0.25, -0.2) is 13.4 Å². The number of nitrogens with zero attached hydrogens (tertiary/aromatic N) is 2. The van der Waals surface area contributed by atoms with Crippen molar-refractivity contribution in [2.75, 3.05) is 18.7 Å². The molecule has 0 radical (unpaired) electrons. The summed E-state index contributed by atoms with van der Waals surface area (Å²) in [6.45, 7) is 2.26. The molecule has 0 N–H and O–H groups in total. The summed E-state index contributed by atoms with van der Waals surface area (Å²) in [6, 6.07) is 0. The summed E-state index contributed by atoms with van der Waals surface area (Å²) in [5.41, 5.74) is 0. The Labute approximate surface area is 98.9 Å². The van der Waals surface area contributed by atoms with E-state index in [-0.39, 0.29) is 11.6 Å². The lowest BCUT2D eigenvalue weighted by Crippen LogP contribution is -2.29. The van der Waals surface area contributed by atoms with Gasteiger partial charge in [0.1, 0.15) is 0 Å². The van der Waals surface area contributed by atoms with Crippen LogP contribution in [0.5, 0.6) is 0 Å². The fourth-order valence-electron chi connectivity index (χ4n) is 1.05. The Morgan fingerprint density at radius 2 is 2.27 bits per heavy atom. The molecular weight excluding hydrogens is 256 g/mol. The maximum Gasteiger partial charge on any atom is 0.215 e. The first-order valence-corrected chi connectivity index (χ1v) is 7.33. The first-order valence-electron chi connectivity index (χ1n) is 4.37. The molecule has 86 valence electrons. The fourth-order valence-corrected chi connectivity index (χ4v) is 3.41. The molecule has 0 atom stereocenters. The third kappa shape index (κ3) is 3.71. The third-order valence-corrected chi connectivity index (χ3v) is 4.97. The summed E-state index contributed by atoms with van der Waals surface area (Å²) in [4.78, 5) is 5.01. The molecule has 1 aromatic heterocycles. The lowest BCUT2D eigenvalue weighted by molar-refractivity contribution is 0.471. The number of hydrogen-bond donors (Lipinski definition) is 0. The highest BCUT2D eigenvalue weighted by Gasteiger charge is 2.17. The Balaban J connectivity index is 2.67. The number of alkyl halides is 1. The van der Waals surface area contributed by atoms with E-state index in [9.17, 15) is 8.42 Å². The van der Waals surface area contributed by atoms with Crippen LogP contribution in [0, 0.1) is 6.92 Å². The Morgan fingerprint density at radius 3 is 2.73 bits per heavy atom. The topological polar surface area (TPSA) is 50.3 Å². The number of sulfonamides is 1. The van der Waals surface area contributed by atoms with E-state index in [4.69, 9.17) is 11.6 Å². The lowest BCUT2D eigenvalue weighted by Gasteiger charge is -2.14. The van der Waals surface area contributed by atoms with E-state index in [0.717, 1.165) is 9.88 Å². The van der Waals surface area contributed by atoms with Crippen molar-refractivity contribution in [3.05, 3.63) is 16.1 Å². The van der Waals surface area contributed by atoms with Crippen LogP contribution in [-0.4, -0.2) is 36.4 Å². The molecule has 0 spiro atoms. The smallest absolute Gasteiger partial charge is 0.215 e. The van der Waals surface area contributed by atoms with Gasteiger partial charge in [0, 0.05) is 30.5 Å². The van der Waals surface area contributed by atoms with Crippen LogP contribution in [-0.2, 0) is 16.6 Å². The van der Waals surface area contributed by atoms with Gasteiger partial charge < -0.3 is 0 Å². The Morgan fingerprint density at radius 1 is 1.60 bits per heavy atom. The minimum atomic E-state index is -3.22. The predicted molar refractivity (Wildman–Crippen MR) is 62.8 cm³/mol. The molecule has 4 nitrogen and oxygen atoms in total. The molecule has 0 bridgehead atoms. The van der Waals surface area contributed by atoms with Crippen molar-refractivity contribution in [1.82, 2.24) is 9.29 Å². The van der Waals surface area contributed by atoms with Gasteiger partial charge >= 0.3 is 0 Å². The summed E-state index contributed by atoms with van der Waals surface area (Å²) < 4.78 is 24.4. The van der Waals surface area contributed by atoms with Gasteiger partial charge in [-0.15, -0.1) is 22.9 Å². The van der Waals surface area contributed by atoms with Gasteiger partial charge in [0.2, 0.25) is 10.0 Å². The number of halogens is 1. The quantitative estimate of drug-likeness (QED) is 0.760. The molecule has 0 saturated heterocycles. The highest BCUT2D eigenvalue weighted by Crippen LogP contribution is 2.15. The maximum absolute atomic E-state index is 11.6. The summed E-state index contributed by atoms with van der Waals surface area (Å²) in [6.07, 6.45) is 1.70. The van der Waals surface area contributed by atoms with Gasteiger partial charge in [0.15, 0.2) is 0 Å². The van der Waals surface area contributed by atoms with Crippen LogP contribution in [0.1, 0.15) is 9.88 Å². The molecule has 0 aromatic carbocycles. The van der Waals surface area contributed by atoms with E-state index in [0.29, 0.717) is 6.54 Å². The molecule has 7 heteroatoms. The highest BCUT2D eigenvalue weighted by molar-refractivity contribution is 7.89. The van der Waals surface area contributed by atoms with Gasteiger partial charge in [0.05, 0.1) is 10.8 Å². The van der Waals surface area contributed by atoms with Crippen LogP contribution < -0.4 is 0 Å². The van der Waals surface area contributed by atoms with E-state index in [1.54, 1.807) is 13.2 Å². The van der Waals surface area contributed by atoms with Crippen LogP contribution in [0.3, 0.4) is 0 Å². The molecule has 0 aliphatic heterocycles. The monoisotopic (exact) mass is 268 g/mol. The van der Waals surface area contributed by atoms with Gasteiger partial charge in [0.25, 0.3) is 0 Å². The van der Waals surface area contributed by atoms with E-state index >= 15 is 0 Å². The van der Waals surface area contributed by atoms with Crippen LogP contribution >= 0.6 is 22.9 Å². The summed E-state index contributed by atoms with van der Waals surface area (Å²) in [7, 11) is -1.67. The molecule has 1 heterocycles. The number of aryl methyl sites for hydroxylation is 1. The van der Waals surface area contributed by atoms with Crippen molar-refractivity contribution in [2.24, 2.45) is 0 Å². The molecule has 0 saturated carbocycles. The normalized spacial score (nSPS) is 12.3. The van der Waals surface area contributed by atoms with Gasteiger partial charge in [-0.3, -0.25) is 0 Å². The van der Waals surface area contributed by atoms with Gasteiger partial charge in [-0.1, -0.05) is 0 Å². The molecule has 0 aliphatic rings. The van der Waals surface area contributed by atoms with Crippen LogP contribution in [0.2, 0.25) is 0 Å². The second-order valence-electron chi connectivity index (χ2n) is 3.11. The summed E-state index contributed by atoms with van der Waals surface area (Å²) in [5, 5.41) is 0.938. The largest absolute Gasteiger partial charge is 0.250 e. The SMILES string of the molecule is Cc1ncc(CN(C)S(=O)(=O)CCCl)s1. The van der Waals surface area contributed by atoms with E-state index in [1.165, 1.54) is 15.6 Å². The van der Waals surface area contributed by atoms with Crippen LogP contribution in [0.15, 0.2) is 6.20 Å². The van der Waals surface area contributed by atoms with Crippen molar-refractivity contribution >= 4 is 33.0 Å². The number of thiazole rings is 1. The van der Waals surface area contributed by atoms with Crippen molar-refractivity contribution in [2.45, 2.75) is 13.5 Å². The number of rotatable bonds is 5. The molecule has 0 amide bonds. The first kappa shape index (κ1) is 12.9. The highest BCUT2D eigenvalue weighted by atomic mass is 35.5. The average molecular weight is 269 g/mol. The minimum Gasteiger partial charge on any atom is -0.250 e. The summed E-state index contributed by atoms with van der Waals surface area (Å²) in [5.74, 6) is 0.0945. The molecule has 0 unspecified atom stereocenters. The van der Waals surface area contributed by atoms with Crippen molar-refractivity contribution in [3.8, 4) is 0 Å². The van der Waals surface area contributed by atoms with Gasteiger partial charge in [-0.2, -0.15) is 4.31 Å². The van der Waals surface area contributed by atoms with Crippen LogP contribution in [0.4, 0.5) is 0 Å². The van der Waals surface area contributed by atoms with Gasteiger partial charge in [-0.05, 0) is 6.92 Å². The zero-order chi connectivity index (χ0) is 11.5. The standard InChI is InChI=1S/C8H13ClN2O2S2/c1-7-10-5-8(14-7)6-11(2)15(12,13)4-3-9/h5H,3-4,6H2,1-2H3. The zero-order valence-corrected chi connectivity index (χ0v) is 11.0. The van der Waals surface area contributed by atoms with Crippen molar-refractivity contribution < 1.29 is 8.42 Å². The Kier molecular flexibility index (Phi) is 4.51.